The summed E-state index contributed by atoms with van der Waals surface area (Å²) in [6.07, 6.45) is 0. The molecule has 0 spiro atoms. The Morgan fingerprint density at radius 2 is 1.86 bits per heavy atom. The number of benzene rings is 1. The van der Waals surface area contributed by atoms with Gasteiger partial charge in [-0.05, 0) is 28.8 Å². The highest BCUT2D eigenvalue weighted by Gasteiger charge is 2.17. The molecule has 3 nitrogen and oxygen atoms in total. The molecule has 0 saturated heterocycles. The zero-order valence-electron chi connectivity index (χ0n) is 8.32. The molecule has 1 atom stereocenters. The molecular weight excluding hydrogens is 198 g/mol. The predicted octanol–water partition coefficient (Wildman–Crippen LogP) is 1.16. The summed E-state index contributed by atoms with van der Waals surface area (Å²) in [5.74, 6) is 0. The third-order valence-electron chi connectivity index (χ3n) is 2.34. The van der Waals surface area contributed by atoms with E-state index in [9.17, 15) is 8.76 Å². The van der Waals surface area contributed by atoms with Crippen molar-refractivity contribution in [3.8, 4) is 0 Å². The van der Waals surface area contributed by atoms with Gasteiger partial charge in [-0.2, -0.15) is 0 Å². The van der Waals surface area contributed by atoms with Crippen LogP contribution in [0.15, 0.2) is 29.2 Å². The van der Waals surface area contributed by atoms with Crippen molar-refractivity contribution in [2.45, 2.75) is 24.2 Å². The van der Waals surface area contributed by atoms with Gasteiger partial charge in [0, 0.05) is 16.9 Å². The quantitative estimate of drug-likeness (QED) is 0.764. The molecule has 1 aromatic carbocycles. The fourth-order valence-electron chi connectivity index (χ4n) is 1.14. The third-order valence-corrected chi connectivity index (χ3v) is 3.00. The molecule has 78 valence electrons. The van der Waals surface area contributed by atoms with Crippen molar-refractivity contribution in [1.82, 2.24) is 0 Å². The van der Waals surface area contributed by atoms with E-state index >= 15 is 0 Å². The Bertz CT molecular complexity index is 332. The molecule has 0 bridgehead atoms. The fourth-order valence-corrected chi connectivity index (χ4v) is 1.49. The molecule has 0 aliphatic carbocycles. The summed E-state index contributed by atoms with van der Waals surface area (Å²) in [6.45, 7) is 4.58. The predicted molar refractivity (Wildman–Crippen MR) is 55.7 cm³/mol. The Kier molecular flexibility index (Phi) is 3.42. The van der Waals surface area contributed by atoms with Gasteiger partial charge in [0.2, 0.25) is 0 Å². The van der Waals surface area contributed by atoms with Crippen molar-refractivity contribution in [1.29, 1.82) is 0 Å². The highest BCUT2D eigenvalue weighted by atomic mass is 32.2. The van der Waals surface area contributed by atoms with Crippen LogP contribution in [0.2, 0.25) is 0 Å². The Morgan fingerprint density at radius 3 is 2.21 bits per heavy atom. The average Bonchev–Trinajstić information content (AvgIpc) is 2.18. The molecule has 0 aliphatic heterocycles. The van der Waals surface area contributed by atoms with Gasteiger partial charge in [0.05, 0.1) is 0 Å². The van der Waals surface area contributed by atoms with Crippen LogP contribution in [0.4, 0.5) is 0 Å². The van der Waals surface area contributed by atoms with Crippen LogP contribution in [0, 0.1) is 0 Å². The molecule has 0 radical (unpaired) electrons. The topological polar surface area (TPSA) is 66.2 Å². The zero-order chi connectivity index (χ0) is 10.8. The Labute approximate surface area is 86.6 Å². The van der Waals surface area contributed by atoms with E-state index in [1.165, 1.54) is 0 Å². The summed E-state index contributed by atoms with van der Waals surface area (Å²) in [6, 6.07) is 6.79. The molecule has 14 heavy (non-hydrogen) atoms. The van der Waals surface area contributed by atoms with Crippen LogP contribution in [0.1, 0.15) is 19.4 Å². The van der Waals surface area contributed by atoms with Gasteiger partial charge in [-0.15, -0.1) is 0 Å². The first-order valence-corrected chi connectivity index (χ1v) is 5.45. The van der Waals surface area contributed by atoms with Crippen LogP contribution < -0.4 is 5.73 Å². The minimum atomic E-state index is -2.15. The number of rotatable bonds is 3. The van der Waals surface area contributed by atoms with Gasteiger partial charge >= 0.3 is 0 Å². The monoisotopic (exact) mass is 212 g/mol. The lowest BCUT2D eigenvalue weighted by molar-refractivity contribution is 0.532. The van der Waals surface area contributed by atoms with Gasteiger partial charge in [-0.25, -0.2) is 0 Å². The van der Waals surface area contributed by atoms with Crippen LogP contribution in [0.25, 0.3) is 0 Å². The Hall–Kier alpha value is -0.710. The molecule has 0 aromatic heterocycles. The van der Waals surface area contributed by atoms with Gasteiger partial charge in [0.1, 0.15) is 0 Å². The summed E-state index contributed by atoms with van der Waals surface area (Å²) in [5, 5.41) is 0. The van der Waals surface area contributed by atoms with Crippen LogP contribution in [-0.2, 0) is 16.5 Å². The SMILES string of the molecule is CC(C)(CN)c1ccc(S(=O)[O-])cc1. The van der Waals surface area contributed by atoms with Crippen molar-refractivity contribution < 1.29 is 8.76 Å². The maximum atomic E-state index is 10.6. The molecule has 0 heterocycles. The molecule has 1 unspecified atom stereocenters. The van der Waals surface area contributed by atoms with Gasteiger partial charge in [0.25, 0.3) is 0 Å². The second kappa shape index (κ2) is 4.21. The summed E-state index contributed by atoms with van der Waals surface area (Å²) >= 11 is -2.15. The average molecular weight is 212 g/mol. The summed E-state index contributed by atoms with van der Waals surface area (Å²) in [4.78, 5) is 0.307. The Morgan fingerprint density at radius 1 is 1.36 bits per heavy atom. The third kappa shape index (κ3) is 2.41. The van der Waals surface area contributed by atoms with Crippen molar-refractivity contribution in [3.05, 3.63) is 29.8 Å². The number of hydrogen-bond donors (Lipinski definition) is 1. The fraction of sp³-hybridized carbons (Fsp3) is 0.400. The summed E-state index contributed by atoms with van der Waals surface area (Å²) < 4.78 is 21.2. The van der Waals surface area contributed by atoms with Crippen molar-refractivity contribution in [2.24, 2.45) is 5.73 Å². The van der Waals surface area contributed by atoms with Gasteiger partial charge < -0.3 is 10.3 Å². The van der Waals surface area contributed by atoms with E-state index in [0.717, 1.165) is 5.56 Å². The van der Waals surface area contributed by atoms with Gasteiger partial charge in [-0.1, -0.05) is 26.0 Å². The lowest BCUT2D eigenvalue weighted by atomic mass is 9.85. The smallest absolute Gasteiger partial charge is 0.0248 e. The minimum Gasteiger partial charge on any atom is -0.768 e. The lowest BCUT2D eigenvalue weighted by Crippen LogP contribution is -2.27. The first-order chi connectivity index (χ1) is 6.47. The number of nitrogens with two attached hydrogens (primary N) is 1. The first kappa shape index (κ1) is 11.4. The number of hydrogen-bond acceptors (Lipinski definition) is 3. The molecule has 4 heteroatoms. The molecule has 0 saturated carbocycles. The maximum Gasteiger partial charge on any atom is 0.0248 e. The van der Waals surface area contributed by atoms with E-state index in [4.69, 9.17) is 5.73 Å². The van der Waals surface area contributed by atoms with Crippen LogP contribution in [0.3, 0.4) is 0 Å². The molecule has 2 N–H and O–H groups in total. The van der Waals surface area contributed by atoms with E-state index in [2.05, 4.69) is 0 Å². The lowest BCUT2D eigenvalue weighted by Gasteiger charge is -2.23. The highest BCUT2D eigenvalue weighted by Crippen LogP contribution is 2.22. The van der Waals surface area contributed by atoms with Gasteiger partial charge in [0.15, 0.2) is 0 Å². The minimum absolute atomic E-state index is 0.108. The second-order valence-corrected chi connectivity index (χ2v) is 4.79. The van der Waals surface area contributed by atoms with Crippen LogP contribution in [0.5, 0.6) is 0 Å². The summed E-state index contributed by atoms with van der Waals surface area (Å²) in [5.41, 5.74) is 6.56. The molecule has 1 aromatic rings. The van der Waals surface area contributed by atoms with Crippen molar-refractivity contribution >= 4 is 11.1 Å². The Balaban J connectivity index is 2.99. The molecule has 0 fully saturated rings. The van der Waals surface area contributed by atoms with E-state index in [1.54, 1.807) is 24.3 Å². The van der Waals surface area contributed by atoms with Gasteiger partial charge in [-0.3, -0.25) is 4.21 Å². The van der Waals surface area contributed by atoms with E-state index < -0.39 is 11.1 Å². The molecule has 1 rings (SSSR count). The van der Waals surface area contributed by atoms with Crippen molar-refractivity contribution in [2.75, 3.05) is 6.54 Å². The molecule has 0 amide bonds. The maximum absolute atomic E-state index is 10.6. The van der Waals surface area contributed by atoms with E-state index in [1.807, 2.05) is 13.8 Å². The first-order valence-electron chi connectivity index (χ1n) is 4.37. The van der Waals surface area contributed by atoms with Crippen LogP contribution >= 0.6 is 0 Å². The standard InChI is InChI=1S/C10H15NO2S/c1-10(2,7-11)8-3-5-9(6-4-8)14(12)13/h3-6H,7,11H2,1-2H3,(H,12,13)/p-1. The molecular formula is C10H14NO2S-. The van der Waals surface area contributed by atoms with Crippen LogP contribution in [-0.4, -0.2) is 15.3 Å². The summed E-state index contributed by atoms with van der Waals surface area (Å²) in [7, 11) is 0. The molecule has 0 aliphatic rings. The second-order valence-electron chi connectivity index (χ2n) is 3.85. The largest absolute Gasteiger partial charge is 0.768 e. The van der Waals surface area contributed by atoms with E-state index in [0.29, 0.717) is 11.4 Å². The van der Waals surface area contributed by atoms with E-state index in [-0.39, 0.29) is 5.41 Å². The normalized spacial score (nSPS) is 14.0. The van der Waals surface area contributed by atoms with Crippen molar-refractivity contribution in [3.63, 3.8) is 0 Å². The zero-order valence-corrected chi connectivity index (χ0v) is 9.14. The highest BCUT2D eigenvalue weighted by molar-refractivity contribution is 7.79.